The van der Waals surface area contributed by atoms with E-state index in [0.29, 0.717) is 17.4 Å². The van der Waals surface area contributed by atoms with Crippen molar-refractivity contribution < 1.29 is 9.84 Å². The third-order valence-electron chi connectivity index (χ3n) is 2.17. The summed E-state index contributed by atoms with van der Waals surface area (Å²) in [7, 11) is 0. The first-order chi connectivity index (χ1) is 6.18. The molecule has 1 atom stereocenters. The number of fused-ring (bicyclic) bond motifs is 1. The van der Waals surface area contributed by atoms with Crippen LogP contribution >= 0.6 is 11.6 Å². The van der Waals surface area contributed by atoms with E-state index in [-0.39, 0.29) is 11.8 Å². The van der Waals surface area contributed by atoms with Crippen LogP contribution in [0.15, 0.2) is 12.1 Å². The van der Waals surface area contributed by atoms with Crippen LogP contribution in [-0.4, -0.2) is 11.7 Å². The van der Waals surface area contributed by atoms with E-state index in [1.54, 1.807) is 6.07 Å². The Morgan fingerprint density at radius 3 is 3.08 bits per heavy atom. The van der Waals surface area contributed by atoms with Crippen LogP contribution in [0.25, 0.3) is 0 Å². The van der Waals surface area contributed by atoms with Crippen LogP contribution in [0.2, 0.25) is 5.02 Å². The minimum Gasteiger partial charge on any atom is -0.506 e. The highest BCUT2D eigenvalue weighted by atomic mass is 35.5. The van der Waals surface area contributed by atoms with Gasteiger partial charge < -0.3 is 15.6 Å². The maximum absolute atomic E-state index is 9.31. The molecule has 1 aromatic carbocycles. The van der Waals surface area contributed by atoms with Crippen LogP contribution in [0, 0.1) is 0 Å². The Bertz CT molecular complexity index is 341. The third-order valence-corrected chi connectivity index (χ3v) is 2.47. The quantitative estimate of drug-likeness (QED) is 0.670. The average Bonchev–Trinajstić information content (AvgIpc) is 2.09. The number of nitrogens with two attached hydrogens (primary N) is 1. The molecule has 3 N–H and O–H groups in total. The predicted octanol–water partition coefficient (Wildman–Crippen LogP) is 1.83. The van der Waals surface area contributed by atoms with Crippen molar-refractivity contribution in [3.63, 3.8) is 0 Å². The van der Waals surface area contributed by atoms with Crippen LogP contribution in [0.5, 0.6) is 11.5 Å². The minimum atomic E-state index is -0.0400. The molecular formula is C9H10ClNO2. The zero-order chi connectivity index (χ0) is 9.42. The molecule has 0 radical (unpaired) electrons. The van der Waals surface area contributed by atoms with E-state index in [0.717, 1.165) is 12.0 Å². The van der Waals surface area contributed by atoms with Crippen LogP contribution in [-0.2, 0) is 0 Å². The fourth-order valence-corrected chi connectivity index (χ4v) is 1.60. The number of rotatable bonds is 0. The molecule has 1 aliphatic heterocycles. The molecule has 4 heteroatoms. The van der Waals surface area contributed by atoms with Gasteiger partial charge in [0, 0.05) is 24.1 Å². The second-order valence-corrected chi connectivity index (χ2v) is 3.49. The first-order valence-electron chi connectivity index (χ1n) is 4.09. The van der Waals surface area contributed by atoms with Gasteiger partial charge in [-0.25, -0.2) is 0 Å². The minimum absolute atomic E-state index is 0.0366. The zero-order valence-electron chi connectivity index (χ0n) is 6.96. The van der Waals surface area contributed by atoms with Crippen LogP contribution in [0.3, 0.4) is 0 Å². The Labute approximate surface area is 81.1 Å². The van der Waals surface area contributed by atoms with E-state index in [9.17, 15) is 5.11 Å². The fourth-order valence-electron chi connectivity index (χ4n) is 1.42. The van der Waals surface area contributed by atoms with Crippen molar-refractivity contribution in [2.75, 3.05) is 6.61 Å². The van der Waals surface area contributed by atoms with Crippen LogP contribution < -0.4 is 10.5 Å². The van der Waals surface area contributed by atoms with Crippen molar-refractivity contribution in [2.24, 2.45) is 5.73 Å². The van der Waals surface area contributed by atoms with Gasteiger partial charge in [0.2, 0.25) is 0 Å². The van der Waals surface area contributed by atoms with Gasteiger partial charge in [0.1, 0.15) is 11.5 Å². The van der Waals surface area contributed by atoms with Crippen LogP contribution in [0.1, 0.15) is 18.0 Å². The maximum Gasteiger partial charge on any atom is 0.137 e. The van der Waals surface area contributed by atoms with Gasteiger partial charge >= 0.3 is 0 Å². The van der Waals surface area contributed by atoms with Crippen molar-refractivity contribution in [2.45, 2.75) is 12.5 Å². The van der Waals surface area contributed by atoms with E-state index >= 15 is 0 Å². The lowest BCUT2D eigenvalue weighted by Crippen LogP contribution is -2.20. The Balaban J connectivity index is 2.52. The van der Waals surface area contributed by atoms with E-state index < -0.39 is 0 Å². The molecule has 0 aromatic heterocycles. The molecular weight excluding hydrogens is 190 g/mol. The van der Waals surface area contributed by atoms with Crippen LogP contribution in [0.4, 0.5) is 0 Å². The van der Waals surface area contributed by atoms with Gasteiger partial charge in [-0.3, -0.25) is 0 Å². The molecule has 70 valence electrons. The van der Waals surface area contributed by atoms with E-state index in [2.05, 4.69) is 0 Å². The molecule has 0 unspecified atom stereocenters. The summed E-state index contributed by atoms with van der Waals surface area (Å²) < 4.78 is 5.33. The van der Waals surface area contributed by atoms with Crippen molar-refractivity contribution in [3.8, 4) is 11.5 Å². The van der Waals surface area contributed by atoms with Gasteiger partial charge in [0.05, 0.1) is 11.6 Å². The topological polar surface area (TPSA) is 55.5 Å². The molecule has 0 saturated heterocycles. The normalized spacial score (nSPS) is 20.6. The zero-order valence-corrected chi connectivity index (χ0v) is 7.71. The van der Waals surface area contributed by atoms with E-state index in [1.165, 1.54) is 6.07 Å². The number of phenolic OH excluding ortho intramolecular Hbond substituents is 1. The fraction of sp³-hybridized carbons (Fsp3) is 0.333. The predicted molar refractivity (Wildman–Crippen MR) is 50.2 cm³/mol. The molecule has 1 aliphatic rings. The van der Waals surface area contributed by atoms with E-state index in [4.69, 9.17) is 22.1 Å². The maximum atomic E-state index is 9.31. The number of ether oxygens (including phenoxy) is 1. The molecule has 0 amide bonds. The Morgan fingerprint density at radius 1 is 1.54 bits per heavy atom. The molecule has 2 rings (SSSR count). The largest absolute Gasteiger partial charge is 0.506 e. The first kappa shape index (κ1) is 8.66. The molecule has 0 aliphatic carbocycles. The molecule has 0 fully saturated rings. The average molecular weight is 200 g/mol. The summed E-state index contributed by atoms with van der Waals surface area (Å²) in [5.41, 5.74) is 6.71. The number of hydrogen-bond donors (Lipinski definition) is 2. The van der Waals surface area contributed by atoms with Gasteiger partial charge in [-0.05, 0) is 6.07 Å². The van der Waals surface area contributed by atoms with E-state index in [1.807, 2.05) is 0 Å². The number of aromatic hydroxyl groups is 1. The summed E-state index contributed by atoms with van der Waals surface area (Å²) in [6.45, 7) is 0.592. The lowest BCUT2D eigenvalue weighted by Gasteiger charge is -2.23. The lowest BCUT2D eigenvalue weighted by molar-refractivity contribution is 0.267. The first-order valence-corrected chi connectivity index (χ1v) is 4.47. The van der Waals surface area contributed by atoms with Gasteiger partial charge in [0.25, 0.3) is 0 Å². The summed E-state index contributed by atoms with van der Waals surface area (Å²) in [6, 6.07) is 3.13. The summed E-state index contributed by atoms with van der Waals surface area (Å²) >= 11 is 5.75. The lowest BCUT2D eigenvalue weighted by atomic mass is 10.0. The summed E-state index contributed by atoms with van der Waals surface area (Å²) in [5.74, 6) is 0.676. The Morgan fingerprint density at radius 2 is 2.31 bits per heavy atom. The van der Waals surface area contributed by atoms with Gasteiger partial charge in [-0.2, -0.15) is 0 Å². The monoisotopic (exact) mass is 199 g/mol. The number of phenols is 1. The van der Waals surface area contributed by atoms with Crippen molar-refractivity contribution >= 4 is 11.6 Å². The second kappa shape index (κ2) is 3.09. The molecule has 13 heavy (non-hydrogen) atoms. The molecule has 1 heterocycles. The molecule has 1 aromatic rings. The molecule has 0 bridgehead atoms. The molecule has 0 spiro atoms. The Kier molecular flexibility index (Phi) is 2.06. The third kappa shape index (κ3) is 1.45. The van der Waals surface area contributed by atoms with Gasteiger partial charge in [-0.1, -0.05) is 11.6 Å². The number of hydrogen-bond acceptors (Lipinski definition) is 3. The smallest absolute Gasteiger partial charge is 0.137 e. The SMILES string of the molecule is N[C@@H]1CCOc2cc(O)c(Cl)cc21. The second-order valence-electron chi connectivity index (χ2n) is 3.09. The summed E-state index contributed by atoms with van der Waals surface area (Å²) in [6.07, 6.45) is 0.786. The number of benzene rings is 1. The highest BCUT2D eigenvalue weighted by molar-refractivity contribution is 6.32. The molecule has 3 nitrogen and oxygen atoms in total. The summed E-state index contributed by atoms with van der Waals surface area (Å²) in [5, 5.41) is 9.63. The highest BCUT2D eigenvalue weighted by Crippen LogP contribution is 2.37. The summed E-state index contributed by atoms with van der Waals surface area (Å²) in [4.78, 5) is 0. The van der Waals surface area contributed by atoms with Crippen molar-refractivity contribution in [1.82, 2.24) is 0 Å². The number of halogens is 1. The highest BCUT2D eigenvalue weighted by Gasteiger charge is 2.19. The van der Waals surface area contributed by atoms with Gasteiger partial charge in [0.15, 0.2) is 0 Å². The standard InChI is InChI=1S/C9H10ClNO2/c10-6-3-5-7(11)1-2-13-9(5)4-8(6)12/h3-4,7,12H,1-2,11H2/t7-/m1/s1. The molecule has 0 saturated carbocycles. The Hall–Kier alpha value is -0.930. The van der Waals surface area contributed by atoms with Crippen molar-refractivity contribution in [1.29, 1.82) is 0 Å². The van der Waals surface area contributed by atoms with Crippen molar-refractivity contribution in [3.05, 3.63) is 22.7 Å². The van der Waals surface area contributed by atoms with Gasteiger partial charge in [-0.15, -0.1) is 0 Å².